The second-order valence-corrected chi connectivity index (χ2v) is 6.89. The van der Waals surface area contributed by atoms with Crippen LogP contribution in [-0.2, 0) is 11.3 Å². The van der Waals surface area contributed by atoms with Crippen LogP contribution in [0, 0.1) is 0 Å². The highest BCUT2D eigenvalue weighted by Crippen LogP contribution is 2.31. The molecule has 1 heterocycles. The van der Waals surface area contributed by atoms with E-state index >= 15 is 0 Å². The molecule has 3 rings (SSSR count). The first kappa shape index (κ1) is 20.7. The number of benzene rings is 2. The minimum atomic E-state index is 0. The maximum atomic E-state index is 11.9. The number of para-hydroxylation sites is 1. The zero-order valence-corrected chi connectivity index (χ0v) is 18.4. The van der Waals surface area contributed by atoms with Gasteiger partial charge >= 0.3 is 0 Å². The van der Waals surface area contributed by atoms with Crippen LogP contribution in [0.5, 0.6) is 0 Å². The van der Waals surface area contributed by atoms with Gasteiger partial charge in [0, 0.05) is 42.6 Å². The van der Waals surface area contributed by atoms with E-state index in [0.29, 0.717) is 19.5 Å². The summed E-state index contributed by atoms with van der Waals surface area (Å²) in [5, 5.41) is 9.56. The largest absolute Gasteiger partial charge is 0.356 e. The van der Waals surface area contributed by atoms with Gasteiger partial charge < -0.3 is 16.0 Å². The third kappa shape index (κ3) is 5.44. The van der Waals surface area contributed by atoms with Gasteiger partial charge in [0.25, 0.3) is 0 Å². The van der Waals surface area contributed by atoms with Crippen molar-refractivity contribution >= 4 is 57.5 Å². The molecular weight excluding hydrogens is 507 g/mol. The molecule has 0 saturated heterocycles. The molecule has 0 spiro atoms. The van der Waals surface area contributed by atoms with Crippen LogP contribution in [0.4, 0.5) is 5.69 Å². The van der Waals surface area contributed by atoms with E-state index in [1.54, 1.807) is 7.05 Å². The standard InChI is InChI=1S/C19H21BrN4O.HI/c1-21-19(22-11-13-5-4-6-15(20)9-13)23-12-14-10-18(25)24-17-8-3-2-7-16(14)17;/h2-9,14H,10-12H2,1H3,(H,24,25)(H2,21,22,23);1H. The van der Waals surface area contributed by atoms with Crippen molar-refractivity contribution in [1.82, 2.24) is 10.6 Å². The van der Waals surface area contributed by atoms with Crippen molar-refractivity contribution in [2.45, 2.75) is 18.9 Å². The molecule has 0 saturated carbocycles. The lowest BCUT2D eigenvalue weighted by Crippen LogP contribution is -2.40. The summed E-state index contributed by atoms with van der Waals surface area (Å²) in [5.74, 6) is 0.917. The summed E-state index contributed by atoms with van der Waals surface area (Å²) < 4.78 is 1.06. The Morgan fingerprint density at radius 3 is 2.81 bits per heavy atom. The van der Waals surface area contributed by atoms with Crippen molar-refractivity contribution in [3.8, 4) is 0 Å². The number of aliphatic imine (C=N–C) groups is 1. The van der Waals surface area contributed by atoms with E-state index in [4.69, 9.17) is 0 Å². The lowest BCUT2D eigenvalue weighted by atomic mass is 9.90. The molecule has 5 nitrogen and oxygen atoms in total. The van der Waals surface area contributed by atoms with Crippen LogP contribution in [0.25, 0.3) is 0 Å². The molecule has 0 aliphatic carbocycles. The second-order valence-electron chi connectivity index (χ2n) is 5.97. The maximum Gasteiger partial charge on any atom is 0.225 e. The molecule has 1 aliphatic rings. The van der Waals surface area contributed by atoms with Gasteiger partial charge in [-0.25, -0.2) is 0 Å². The van der Waals surface area contributed by atoms with E-state index in [1.807, 2.05) is 30.3 Å². The first-order valence-electron chi connectivity index (χ1n) is 8.23. The quantitative estimate of drug-likeness (QED) is 0.321. The van der Waals surface area contributed by atoms with Crippen molar-refractivity contribution in [3.63, 3.8) is 0 Å². The highest BCUT2D eigenvalue weighted by Gasteiger charge is 2.24. The molecule has 0 aromatic heterocycles. The Kier molecular flexibility index (Phi) is 7.89. The van der Waals surface area contributed by atoms with Crippen LogP contribution in [0.1, 0.15) is 23.5 Å². The number of nitrogens with one attached hydrogen (secondary N) is 3. The van der Waals surface area contributed by atoms with Crippen LogP contribution in [0.15, 0.2) is 58.0 Å². The van der Waals surface area contributed by atoms with Gasteiger partial charge in [0.05, 0.1) is 0 Å². The van der Waals surface area contributed by atoms with E-state index in [-0.39, 0.29) is 35.8 Å². The second kappa shape index (κ2) is 9.91. The van der Waals surface area contributed by atoms with Crippen LogP contribution in [0.2, 0.25) is 0 Å². The van der Waals surface area contributed by atoms with E-state index in [2.05, 4.69) is 55.1 Å². The molecule has 138 valence electrons. The van der Waals surface area contributed by atoms with E-state index in [9.17, 15) is 4.79 Å². The predicted molar refractivity (Wildman–Crippen MR) is 120 cm³/mol. The number of hydrogen-bond donors (Lipinski definition) is 3. The molecule has 1 aliphatic heterocycles. The fraction of sp³-hybridized carbons (Fsp3) is 0.263. The van der Waals surface area contributed by atoms with Gasteiger partial charge in [-0.3, -0.25) is 9.79 Å². The zero-order chi connectivity index (χ0) is 17.6. The van der Waals surface area contributed by atoms with E-state index in [0.717, 1.165) is 21.7 Å². The number of amides is 1. The zero-order valence-electron chi connectivity index (χ0n) is 14.5. The van der Waals surface area contributed by atoms with Gasteiger partial charge in [-0.15, -0.1) is 24.0 Å². The van der Waals surface area contributed by atoms with Crippen molar-refractivity contribution in [2.75, 3.05) is 18.9 Å². The number of nitrogens with zero attached hydrogens (tertiary/aromatic N) is 1. The third-order valence-electron chi connectivity index (χ3n) is 4.20. The predicted octanol–water partition coefficient (Wildman–Crippen LogP) is 3.86. The number of halogens is 2. The Morgan fingerprint density at radius 1 is 1.23 bits per heavy atom. The molecule has 7 heteroatoms. The molecule has 0 fully saturated rings. The van der Waals surface area contributed by atoms with Crippen LogP contribution in [0.3, 0.4) is 0 Å². The van der Waals surface area contributed by atoms with E-state index < -0.39 is 0 Å². The van der Waals surface area contributed by atoms with Crippen molar-refractivity contribution < 1.29 is 4.79 Å². The van der Waals surface area contributed by atoms with Gasteiger partial charge in [-0.1, -0.05) is 46.3 Å². The summed E-state index contributed by atoms with van der Waals surface area (Å²) in [5.41, 5.74) is 3.24. The molecule has 26 heavy (non-hydrogen) atoms. The Bertz CT molecular complexity index is 797. The number of rotatable bonds is 4. The van der Waals surface area contributed by atoms with Gasteiger partial charge in [-0.05, 0) is 29.3 Å². The van der Waals surface area contributed by atoms with Gasteiger partial charge in [-0.2, -0.15) is 0 Å². The fourth-order valence-corrected chi connectivity index (χ4v) is 3.40. The Hall–Kier alpha value is -1.61. The van der Waals surface area contributed by atoms with Crippen LogP contribution >= 0.6 is 39.9 Å². The van der Waals surface area contributed by atoms with Gasteiger partial charge in [0.15, 0.2) is 5.96 Å². The number of carbonyl (C=O) groups excluding carboxylic acids is 1. The fourth-order valence-electron chi connectivity index (χ4n) is 2.96. The highest BCUT2D eigenvalue weighted by molar-refractivity contribution is 14.0. The summed E-state index contributed by atoms with van der Waals surface area (Å²) in [6.45, 7) is 1.34. The highest BCUT2D eigenvalue weighted by atomic mass is 127. The average Bonchev–Trinajstić information content (AvgIpc) is 2.61. The van der Waals surface area contributed by atoms with E-state index in [1.165, 1.54) is 5.56 Å². The topological polar surface area (TPSA) is 65.5 Å². The molecule has 1 amide bonds. The molecule has 3 N–H and O–H groups in total. The lowest BCUT2D eigenvalue weighted by molar-refractivity contribution is -0.116. The van der Waals surface area contributed by atoms with Crippen molar-refractivity contribution in [2.24, 2.45) is 4.99 Å². The molecule has 0 bridgehead atoms. The monoisotopic (exact) mass is 528 g/mol. The molecule has 0 radical (unpaired) electrons. The smallest absolute Gasteiger partial charge is 0.225 e. The van der Waals surface area contributed by atoms with Crippen LogP contribution < -0.4 is 16.0 Å². The summed E-state index contributed by atoms with van der Waals surface area (Å²) in [4.78, 5) is 16.2. The third-order valence-corrected chi connectivity index (χ3v) is 4.69. The first-order chi connectivity index (χ1) is 12.2. The number of carbonyl (C=O) groups is 1. The van der Waals surface area contributed by atoms with Crippen molar-refractivity contribution in [3.05, 3.63) is 64.1 Å². The average molecular weight is 529 g/mol. The minimum absolute atomic E-state index is 0. The van der Waals surface area contributed by atoms with Gasteiger partial charge in [0.2, 0.25) is 5.91 Å². The normalized spacial score (nSPS) is 16.2. The van der Waals surface area contributed by atoms with Crippen molar-refractivity contribution in [1.29, 1.82) is 0 Å². The Morgan fingerprint density at radius 2 is 2.04 bits per heavy atom. The molecule has 1 atom stereocenters. The first-order valence-corrected chi connectivity index (χ1v) is 9.03. The number of hydrogen-bond acceptors (Lipinski definition) is 2. The minimum Gasteiger partial charge on any atom is -0.356 e. The molecule has 2 aromatic carbocycles. The number of fused-ring (bicyclic) bond motifs is 1. The number of anilines is 1. The summed E-state index contributed by atoms with van der Waals surface area (Å²) in [6, 6.07) is 16.1. The molecular formula is C19H22BrIN4O. The van der Waals surface area contributed by atoms with Gasteiger partial charge in [0.1, 0.15) is 0 Å². The SMILES string of the molecule is CN=C(NCc1cccc(Br)c1)NCC1CC(=O)Nc2ccccc21.I. The number of guanidine groups is 1. The van der Waals surface area contributed by atoms with Crippen LogP contribution in [-0.4, -0.2) is 25.5 Å². The molecule has 2 aromatic rings. The molecule has 1 unspecified atom stereocenters. The summed E-state index contributed by atoms with van der Waals surface area (Å²) >= 11 is 3.48. The maximum absolute atomic E-state index is 11.9. The summed E-state index contributed by atoms with van der Waals surface area (Å²) in [6.07, 6.45) is 0.479. The lowest BCUT2D eigenvalue weighted by Gasteiger charge is -2.26. The Balaban J connectivity index is 0.00000243. The summed E-state index contributed by atoms with van der Waals surface area (Å²) in [7, 11) is 1.75. The Labute approximate surface area is 179 Å².